The maximum Gasteiger partial charge on any atom is 0.142 e. The van der Waals surface area contributed by atoms with Crippen LogP contribution in [-0.2, 0) is 0 Å². The summed E-state index contributed by atoms with van der Waals surface area (Å²) in [7, 11) is 0. The molecule has 1 N–H and O–H groups in total. The summed E-state index contributed by atoms with van der Waals surface area (Å²) < 4.78 is 5.83. The van der Waals surface area contributed by atoms with Crippen LogP contribution in [0, 0.1) is 0 Å². The van der Waals surface area contributed by atoms with Crippen molar-refractivity contribution in [3.63, 3.8) is 0 Å². The molecule has 1 heterocycles. The van der Waals surface area contributed by atoms with Gasteiger partial charge in [0.15, 0.2) is 0 Å². The number of para-hydroxylation sites is 2. The van der Waals surface area contributed by atoms with Crippen molar-refractivity contribution >= 4 is 5.69 Å². The number of nitrogens with zero attached hydrogens (tertiary/aromatic N) is 1. The molecule has 3 heteroatoms. The lowest BCUT2D eigenvalue weighted by Gasteiger charge is -2.25. The Hall–Kier alpha value is -1.22. The molecule has 0 amide bonds. The molecule has 2 rings (SSSR count). The molecule has 1 aliphatic heterocycles. The SMILES string of the molecule is CCCNC(CC)CCCN1CCCOc2ccccc21. The highest BCUT2D eigenvalue weighted by atomic mass is 16.5. The minimum Gasteiger partial charge on any atom is -0.491 e. The lowest BCUT2D eigenvalue weighted by Crippen LogP contribution is -2.31. The smallest absolute Gasteiger partial charge is 0.142 e. The van der Waals surface area contributed by atoms with Crippen molar-refractivity contribution in [1.82, 2.24) is 5.32 Å². The van der Waals surface area contributed by atoms with E-state index in [2.05, 4.69) is 48.3 Å². The fourth-order valence-electron chi connectivity index (χ4n) is 2.96. The van der Waals surface area contributed by atoms with E-state index < -0.39 is 0 Å². The van der Waals surface area contributed by atoms with Crippen molar-refractivity contribution in [1.29, 1.82) is 0 Å². The normalized spacial score (nSPS) is 16.0. The Morgan fingerprint density at radius 3 is 2.95 bits per heavy atom. The van der Waals surface area contributed by atoms with Gasteiger partial charge in [-0.1, -0.05) is 26.0 Å². The molecule has 1 aromatic rings. The van der Waals surface area contributed by atoms with Gasteiger partial charge in [0.25, 0.3) is 0 Å². The van der Waals surface area contributed by atoms with Crippen LogP contribution in [0.3, 0.4) is 0 Å². The summed E-state index contributed by atoms with van der Waals surface area (Å²) in [5, 5.41) is 3.65. The van der Waals surface area contributed by atoms with E-state index in [1.54, 1.807) is 0 Å². The van der Waals surface area contributed by atoms with E-state index in [4.69, 9.17) is 4.74 Å². The standard InChI is InChI=1S/C18H30N2O/c1-3-12-19-16(4-2)9-7-13-20-14-8-15-21-18-11-6-5-10-17(18)20/h5-6,10-11,16,19H,3-4,7-9,12-15H2,1-2H3. The fraction of sp³-hybridized carbons (Fsp3) is 0.667. The Bertz CT molecular complexity index is 408. The summed E-state index contributed by atoms with van der Waals surface area (Å²) in [6.07, 6.45) is 6.05. The van der Waals surface area contributed by atoms with E-state index in [1.807, 2.05) is 0 Å². The molecule has 0 saturated heterocycles. The summed E-state index contributed by atoms with van der Waals surface area (Å²) in [4.78, 5) is 2.49. The fourth-order valence-corrected chi connectivity index (χ4v) is 2.96. The van der Waals surface area contributed by atoms with E-state index >= 15 is 0 Å². The monoisotopic (exact) mass is 290 g/mol. The van der Waals surface area contributed by atoms with Crippen molar-refractivity contribution < 1.29 is 4.74 Å². The Morgan fingerprint density at radius 1 is 1.29 bits per heavy atom. The number of hydrogen-bond donors (Lipinski definition) is 1. The summed E-state index contributed by atoms with van der Waals surface area (Å²) in [6, 6.07) is 9.12. The van der Waals surface area contributed by atoms with Crippen LogP contribution in [0.2, 0.25) is 0 Å². The van der Waals surface area contributed by atoms with Crippen LogP contribution < -0.4 is 15.0 Å². The van der Waals surface area contributed by atoms with Crippen molar-refractivity contribution in [3.8, 4) is 5.75 Å². The molecule has 1 atom stereocenters. The molecule has 1 aromatic carbocycles. The first-order valence-electron chi connectivity index (χ1n) is 8.55. The summed E-state index contributed by atoms with van der Waals surface area (Å²) in [5.41, 5.74) is 1.27. The largest absolute Gasteiger partial charge is 0.491 e. The topological polar surface area (TPSA) is 24.5 Å². The van der Waals surface area contributed by atoms with Crippen molar-refractivity contribution in [3.05, 3.63) is 24.3 Å². The average molecular weight is 290 g/mol. The molecule has 0 spiro atoms. The van der Waals surface area contributed by atoms with Crippen LogP contribution in [0.5, 0.6) is 5.75 Å². The third-order valence-electron chi connectivity index (χ3n) is 4.19. The van der Waals surface area contributed by atoms with E-state index in [9.17, 15) is 0 Å². The molecule has 118 valence electrons. The number of benzene rings is 1. The average Bonchev–Trinajstić information content (AvgIpc) is 2.73. The zero-order valence-corrected chi connectivity index (χ0v) is 13.6. The minimum atomic E-state index is 0.670. The van der Waals surface area contributed by atoms with Gasteiger partial charge in [0, 0.05) is 19.1 Å². The molecule has 1 unspecified atom stereocenters. The van der Waals surface area contributed by atoms with Crippen LogP contribution in [-0.4, -0.2) is 32.3 Å². The van der Waals surface area contributed by atoms with Gasteiger partial charge in [0.05, 0.1) is 12.3 Å². The van der Waals surface area contributed by atoms with Gasteiger partial charge in [0.2, 0.25) is 0 Å². The van der Waals surface area contributed by atoms with Gasteiger partial charge in [-0.05, 0) is 50.8 Å². The molecule has 0 saturated carbocycles. The van der Waals surface area contributed by atoms with Crippen molar-refractivity contribution in [2.75, 3.05) is 31.1 Å². The highest BCUT2D eigenvalue weighted by Crippen LogP contribution is 2.30. The second-order valence-corrected chi connectivity index (χ2v) is 5.86. The van der Waals surface area contributed by atoms with Gasteiger partial charge in [-0.3, -0.25) is 0 Å². The van der Waals surface area contributed by atoms with E-state index in [-0.39, 0.29) is 0 Å². The first-order chi connectivity index (χ1) is 10.3. The predicted octanol–water partition coefficient (Wildman–Crippen LogP) is 3.83. The third kappa shape index (κ3) is 4.92. The van der Waals surface area contributed by atoms with Crippen molar-refractivity contribution in [2.24, 2.45) is 0 Å². The molecule has 3 nitrogen and oxygen atoms in total. The number of hydrogen-bond acceptors (Lipinski definition) is 3. The van der Waals surface area contributed by atoms with Crippen LogP contribution in [0.1, 0.15) is 46.0 Å². The number of anilines is 1. The molecule has 1 aliphatic rings. The zero-order chi connectivity index (χ0) is 14.9. The second-order valence-electron chi connectivity index (χ2n) is 5.86. The van der Waals surface area contributed by atoms with Gasteiger partial charge in [-0.25, -0.2) is 0 Å². The lowest BCUT2D eigenvalue weighted by atomic mass is 10.1. The number of fused-ring (bicyclic) bond motifs is 1. The molecule has 0 bridgehead atoms. The number of ether oxygens (including phenoxy) is 1. The minimum absolute atomic E-state index is 0.670. The van der Waals surface area contributed by atoms with Crippen LogP contribution in [0.4, 0.5) is 5.69 Å². The van der Waals surface area contributed by atoms with Crippen LogP contribution in [0.15, 0.2) is 24.3 Å². The van der Waals surface area contributed by atoms with Gasteiger partial charge in [-0.2, -0.15) is 0 Å². The van der Waals surface area contributed by atoms with E-state index in [0.29, 0.717) is 6.04 Å². The maximum atomic E-state index is 5.83. The van der Waals surface area contributed by atoms with Crippen LogP contribution in [0.25, 0.3) is 0 Å². The molecule has 0 aliphatic carbocycles. The van der Waals surface area contributed by atoms with Crippen molar-refractivity contribution in [2.45, 2.75) is 52.0 Å². The number of nitrogens with one attached hydrogen (secondary N) is 1. The lowest BCUT2D eigenvalue weighted by molar-refractivity contribution is 0.322. The second kappa shape index (κ2) is 8.93. The maximum absolute atomic E-state index is 5.83. The van der Waals surface area contributed by atoms with Gasteiger partial charge in [0.1, 0.15) is 5.75 Å². The Morgan fingerprint density at radius 2 is 2.14 bits per heavy atom. The third-order valence-corrected chi connectivity index (χ3v) is 4.19. The Balaban J connectivity index is 1.85. The first-order valence-corrected chi connectivity index (χ1v) is 8.55. The molecule has 0 fully saturated rings. The summed E-state index contributed by atoms with van der Waals surface area (Å²) in [6.45, 7) is 8.72. The van der Waals surface area contributed by atoms with Gasteiger partial charge >= 0.3 is 0 Å². The number of rotatable bonds is 8. The quantitative estimate of drug-likeness (QED) is 0.787. The molecular formula is C18H30N2O. The molecule has 0 aromatic heterocycles. The predicted molar refractivity (Wildman–Crippen MR) is 90.4 cm³/mol. The van der Waals surface area contributed by atoms with E-state index in [1.165, 1.54) is 31.4 Å². The Kier molecular flexibility index (Phi) is 6.87. The molecule has 0 radical (unpaired) electrons. The zero-order valence-electron chi connectivity index (χ0n) is 13.6. The molecular weight excluding hydrogens is 260 g/mol. The highest BCUT2D eigenvalue weighted by molar-refractivity contribution is 5.58. The molecule has 21 heavy (non-hydrogen) atoms. The van der Waals surface area contributed by atoms with E-state index in [0.717, 1.165) is 38.4 Å². The summed E-state index contributed by atoms with van der Waals surface area (Å²) >= 11 is 0. The van der Waals surface area contributed by atoms with Gasteiger partial charge in [-0.15, -0.1) is 0 Å². The summed E-state index contributed by atoms with van der Waals surface area (Å²) in [5.74, 6) is 1.05. The highest BCUT2D eigenvalue weighted by Gasteiger charge is 2.15. The van der Waals surface area contributed by atoms with Gasteiger partial charge < -0.3 is 15.0 Å². The first kappa shape index (κ1) is 16.2. The van der Waals surface area contributed by atoms with Crippen LogP contribution >= 0.6 is 0 Å². The Labute approximate surface area is 129 Å².